The Morgan fingerprint density at radius 2 is 2.04 bits per heavy atom. The number of carbonyl (C=O) groups excluding carboxylic acids is 1. The Morgan fingerprint density at radius 1 is 1.33 bits per heavy atom. The molecule has 0 bridgehead atoms. The summed E-state index contributed by atoms with van der Waals surface area (Å²) < 4.78 is 26.4. The first-order valence-corrected chi connectivity index (χ1v) is 10.2. The fourth-order valence-electron chi connectivity index (χ4n) is 1.70. The molecular weight excluding hydrogens is 370 g/mol. The number of thioether (sulfide) groups is 1. The van der Waals surface area contributed by atoms with Gasteiger partial charge in [0.1, 0.15) is 0 Å². The van der Waals surface area contributed by atoms with Crippen LogP contribution in [0.3, 0.4) is 0 Å². The van der Waals surface area contributed by atoms with Crippen molar-refractivity contribution >= 4 is 45.8 Å². The molecule has 0 aromatic heterocycles. The zero-order valence-electron chi connectivity index (χ0n) is 13.9. The summed E-state index contributed by atoms with van der Waals surface area (Å²) in [5.74, 6) is 1.77. The van der Waals surface area contributed by atoms with E-state index in [2.05, 4.69) is 23.9 Å². The van der Waals surface area contributed by atoms with E-state index in [-0.39, 0.29) is 36.3 Å². The van der Waals surface area contributed by atoms with Gasteiger partial charge in [0.2, 0.25) is 15.9 Å². The molecule has 0 aliphatic heterocycles. The zero-order chi connectivity index (χ0) is 17.3. The molecule has 0 fully saturated rings. The minimum absolute atomic E-state index is 0. The van der Waals surface area contributed by atoms with Gasteiger partial charge in [-0.15, -0.1) is 12.4 Å². The molecule has 24 heavy (non-hydrogen) atoms. The van der Waals surface area contributed by atoms with Crippen molar-refractivity contribution in [2.75, 3.05) is 29.9 Å². The number of benzene rings is 1. The van der Waals surface area contributed by atoms with Crippen molar-refractivity contribution in [2.45, 2.75) is 25.2 Å². The largest absolute Gasteiger partial charge is 0.329 e. The first kappa shape index (κ1) is 23.2. The predicted molar refractivity (Wildman–Crippen MR) is 103 cm³/mol. The van der Waals surface area contributed by atoms with Gasteiger partial charge in [-0.1, -0.05) is 19.9 Å². The van der Waals surface area contributed by atoms with Gasteiger partial charge in [0.05, 0.1) is 10.6 Å². The summed E-state index contributed by atoms with van der Waals surface area (Å²) in [5.41, 5.74) is 5.77. The normalized spacial score (nSPS) is 11.2. The van der Waals surface area contributed by atoms with Crippen molar-refractivity contribution in [2.24, 2.45) is 11.7 Å². The Morgan fingerprint density at radius 3 is 2.67 bits per heavy atom. The van der Waals surface area contributed by atoms with Crippen LogP contribution in [-0.4, -0.2) is 38.9 Å². The highest BCUT2D eigenvalue weighted by Gasteiger charge is 2.14. The van der Waals surface area contributed by atoms with Crippen LogP contribution in [0.2, 0.25) is 0 Å². The van der Waals surface area contributed by atoms with Crippen LogP contribution in [0.15, 0.2) is 29.2 Å². The van der Waals surface area contributed by atoms with E-state index in [4.69, 9.17) is 5.73 Å². The molecule has 9 heteroatoms. The summed E-state index contributed by atoms with van der Waals surface area (Å²) in [6, 6.07) is 6.18. The van der Waals surface area contributed by atoms with Crippen LogP contribution in [0.4, 0.5) is 5.69 Å². The van der Waals surface area contributed by atoms with Crippen LogP contribution in [0.5, 0.6) is 0 Å². The second-order valence-corrected chi connectivity index (χ2v) is 8.37. The molecule has 0 spiro atoms. The second-order valence-electron chi connectivity index (χ2n) is 5.50. The van der Waals surface area contributed by atoms with E-state index in [1.807, 2.05) is 0 Å². The third-order valence-corrected chi connectivity index (χ3v) is 5.39. The highest BCUT2D eigenvalue weighted by Crippen LogP contribution is 2.16. The average Bonchev–Trinajstić information content (AvgIpc) is 2.50. The minimum atomic E-state index is -3.60. The standard InChI is InChI=1S/C15H25N3O3S2.ClH/c1-12(2)6-9-22-11-15(19)18-13-4-3-5-14(10-13)23(20,21)17-8-7-16;/h3-5,10,12,17H,6-9,11,16H2,1-2H3,(H,18,19);1H. The van der Waals surface area contributed by atoms with Gasteiger partial charge in [0.25, 0.3) is 0 Å². The highest BCUT2D eigenvalue weighted by molar-refractivity contribution is 7.99. The summed E-state index contributed by atoms with van der Waals surface area (Å²) >= 11 is 1.57. The minimum Gasteiger partial charge on any atom is -0.329 e. The topological polar surface area (TPSA) is 101 Å². The van der Waals surface area contributed by atoms with Crippen molar-refractivity contribution in [1.29, 1.82) is 0 Å². The molecule has 0 radical (unpaired) electrons. The maximum absolute atomic E-state index is 12.0. The summed E-state index contributed by atoms with van der Waals surface area (Å²) in [4.78, 5) is 12.0. The maximum Gasteiger partial charge on any atom is 0.240 e. The van der Waals surface area contributed by atoms with Gasteiger partial charge in [-0.05, 0) is 36.3 Å². The first-order valence-electron chi connectivity index (χ1n) is 7.52. The summed E-state index contributed by atoms with van der Waals surface area (Å²) in [6.07, 6.45) is 1.07. The Bertz CT molecular complexity index is 610. The third kappa shape index (κ3) is 8.89. The van der Waals surface area contributed by atoms with Crippen LogP contribution in [0.25, 0.3) is 0 Å². The lowest BCUT2D eigenvalue weighted by Gasteiger charge is -2.09. The summed E-state index contributed by atoms with van der Waals surface area (Å²) in [6.45, 7) is 4.69. The number of amides is 1. The zero-order valence-corrected chi connectivity index (χ0v) is 16.4. The highest BCUT2D eigenvalue weighted by atomic mass is 35.5. The number of nitrogens with one attached hydrogen (secondary N) is 2. The number of nitrogens with two attached hydrogens (primary N) is 1. The molecule has 0 unspecified atom stereocenters. The van der Waals surface area contributed by atoms with Gasteiger partial charge < -0.3 is 11.1 Å². The fraction of sp³-hybridized carbons (Fsp3) is 0.533. The summed E-state index contributed by atoms with van der Waals surface area (Å²) in [7, 11) is -3.60. The third-order valence-electron chi connectivity index (χ3n) is 2.94. The van der Waals surface area contributed by atoms with Crippen LogP contribution in [0, 0.1) is 5.92 Å². The molecule has 6 nitrogen and oxygen atoms in total. The number of hydrogen-bond donors (Lipinski definition) is 3. The molecule has 1 rings (SSSR count). The molecule has 1 amide bonds. The first-order chi connectivity index (χ1) is 10.8. The number of hydrogen-bond acceptors (Lipinski definition) is 5. The predicted octanol–water partition coefficient (Wildman–Crippen LogP) is 2.06. The SMILES string of the molecule is CC(C)CCSCC(=O)Nc1cccc(S(=O)(=O)NCCN)c1.Cl. The molecular formula is C15H26ClN3O3S2. The van der Waals surface area contributed by atoms with Crippen LogP contribution in [-0.2, 0) is 14.8 Å². The lowest BCUT2D eigenvalue weighted by atomic mass is 10.2. The molecule has 1 aromatic rings. The molecule has 138 valence electrons. The number of rotatable bonds is 10. The van der Waals surface area contributed by atoms with Crippen molar-refractivity contribution in [3.63, 3.8) is 0 Å². The monoisotopic (exact) mass is 395 g/mol. The molecule has 0 saturated carbocycles. The van der Waals surface area contributed by atoms with Crippen molar-refractivity contribution in [3.05, 3.63) is 24.3 Å². The number of carbonyl (C=O) groups is 1. The quantitative estimate of drug-likeness (QED) is 0.526. The van der Waals surface area contributed by atoms with Crippen LogP contribution >= 0.6 is 24.2 Å². The smallest absolute Gasteiger partial charge is 0.240 e. The van der Waals surface area contributed by atoms with E-state index < -0.39 is 10.0 Å². The second kappa shape index (κ2) is 11.7. The Labute approximate surface area is 154 Å². The molecule has 0 heterocycles. The van der Waals surface area contributed by atoms with E-state index in [1.54, 1.807) is 23.9 Å². The van der Waals surface area contributed by atoms with Crippen molar-refractivity contribution in [3.8, 4) is 0 Å². The molecule has 0 atom stereocenters. The van der Waals surface area contributed by atoms with Crippen molar-refractivity contribution in [1.82, 2.24) is 4.72 Å². The maximum atomic E-state index is 12.0. The molecule has 0 aliphatic rings. The average molecular weight is 396 g/mol. The van der Waals surface area contributed by atoms with E-state index in [9.17, 15) is 13.2 Å². The van der Waals surface area contributed by atoms with Gasteiger partial charge in [-0.2, -0.15) is 11.8 Å². The van der Waals surface area contributed by atoms with Crippen LogP contribution in [0.1, 0.15) is 20.3 Å². The fourth-order valence-corrected chi connectivity index (χ4v) is 3.83. The van der Waals surface area contributed by atoms with Gasteiger partial charge in [0.15, 0.2) is 0 Å². The molecule has 0 aliphatic carbocycles. The van der Waals surface area contributed by atoms with Gasteiger partial charge in [-0.3, -0.25) is 4.79 Å². The molecule has 0 saturated heterocycles. The summed E-state index contributed by atoms with van der Waals surface area (Å²) in [5, 5.41) is 2.72. The van der Waals surface area contributed by atoms with E-state index in [0.29, 0.717) is 17.4 Å². The van der Waals surface area contributed by atoms with Gasteiger partial charge in [0, 0.05) is 18.8 Å². The van der Waals surface area contributed by atoms with Crippen molar-refractivity contribution < 1.29 is 13.2 Å². The lowest BCUT2D eigenvalue weighted by Crippen LogP contribution is -2.29. The lowest BCUT2D eigenvalue weighted by molar-refractivity contribution is -0.113. The van der Waals surface area contributed by atoms with E-state index in [1.165, 1.54) is 12.1 Å². The van der Waals surface area contributed by atoms with E-state index in [0.717, 1.165) is 12.2 Å². The Kier molecular flexibility index (Phi) is 11.3. The molecule has 1 aromatic carbocycles. The number of anilines is 1. The number of sulfonamides is 1. The van der Waals surface area contributed by atoms with Gasteiger partial charge in [-0.25, -0.2) is 13.1 Å². The Hall–Kier alpha value is -0.800. The molecule has 4 N–H and O–H groups in total. The van der Waals surface area contributed by atoms with Gasteiger partial charge >= 0.3 is 0 Å². The van der Waals surface area contributed by atoms with Crippen LogP contribution < -0.4 is 15.8 Å². The van der Waals surface area contributed by atoms with E-state index >= 15 is 0 Å². The Balaban J connectivity index is 0.00000529. The number of halogens is 1.